The molecule has 0 aromatic heterocycles. The highest BCUT2D eigenvalue weighted by Gasteiger charge is 2.78. The zero-order valence-corrected chi connectivity index (χ0v) is 54.4. The zero-order valence-electron chi connectivity index (χ0n) is 54.4. The third kappa shape index (κ3) is 12.0. The zero-order chi connectivity index (χ0) is 67.9. The minimum absolute atomic E-state index is 0.0195. The molecule has 1 aliphatic heterocycles. The smallest absolute Gasteiger partial charge is 0.350 e. The maximum atomic E-state index is 16.0. The molecule has 5 aliphatic rings. The van der Waals surface area contributed by atoms with Crippen LogP contribution in [-0.4, -0.2) is 141 Å². The van der Waals surface area contributed by atoms with Crippen molar-refractivity contribution in [2.75, 3.05) is 35.0 Å². The van der Waals surface area contributed by atoms with Gasteiger partial charge < -0.3 is 62.9 Å². The number of hydrogen-bond acceptors (Lipinski definition) is 20. The van der Waals surface area contributed by atoms with E-state index in [1.54, 1.807) is 139 Å². The van der Waals surface area contributed by atoms with E-state index in [4.69, 9.17) is 52.4 Å². The Morgan fingerprint density at radius 2 is 1.37 bits per heavy atom. The molecule has 1 heterocycles. The molecule has 3 N–H and O–H groups in total. The predicted molar refractivity (Wildman–Crippen MR) is 344 cm³/mol. The lowest BCUT2D eigenvalue weighted by Gasteiger charge is -2.67. The SMILES string of the molecule is COc1ccc2c(c1)[C@@H](N=Cc1ccc(C(=O)O[C@@H](C(=O)O[C@H]3C[C@@]4(O)[C@@H](OC(=O)c5ccccc5)[C@@H]5[C@]6(OC(C)=O)CO[C@@H]6C[C@H](O)[C@@]5(C)C(=O)[C@H](OC(C)=O)C(=C3C)C4(C)C)[C@@H](NC(=O)c3ccccc3)c3ccccc3)cc1)CCc1cc(OC)c(OC)c(OC)c1-2. The monoisotopic (exact) mass is 1300 g/mol. The van der Waals surface area contributed by atoms with Crippen LogP contribution >= 0.6 is 0 Å². The first-order valence-corrected chi connectivity index (χ1v) is 31.3. The second kappa shape index (κ2) is 26.6. The number of benzene rings is 6. The second-order valence-corrected chi connectivity index (χ2v) is 25.3. The lowest BCUT2D eigenvalue weighted by molar-refractivity contribution is -0.346. The van der Waals surface area contributed by atoms with Gasteiger partial charge in [0.15, 0.2) is 29.0 Å². The molecular formula is C74H76N2O19. The van der Waals surface area contributed by atoms with Gasteiger partial charge >= 0.3 is 29.8 Å². The summed E-state index contributed by atoms with van der Waals surface area (Å²) in [5.41, 5.74) is -3.60. The van der Waals surface area contributed by atoms with E-state index in [-0.39, 0.29) is 46.9 Å². The Hall–Kier alpha value is -9.70. The predicted octanol–water partition coefficient (Wildman–Crippen LogP) is 9.41. The Bertz CT molecular complexity index is 4020. The molecule has 21 nitrogen and oxygen atoms in total. The average Bonchev–Trinajstić information content (AvgIpc) is 0.829. The lowest BCUT2D eigenvalue weighted by Crippen LogP contribution is -2.82. The number of aryl methyl sites for hydroxylation is 1. The first-order valence-electron chi connectivity index (χ1n) is 31.3. The van der Waals surface area contributed by atoms with Crippen molar-refractivity contribution in [1.29, 1.82) is 0 Å². The molecule has 1 saturated heterocycles. The molecule has 0 spiro atoms. The number of rotatable bonds is 18. The summed E-state index contributed by atoms with van der Waals surface area (Å²) in [6, 6.07) is 36.4. The first-order chi connectivity index (χ1) is 45.4. The number of hydrogen-bond donors (Lipinski definition) is 3. The summed E-state index contributed by atoms with van der Waals surface area (Å²) in [4.78, 5) is 108. The average molecular weight is 1300 g/mol. The number of ketones is 1. The molecule has 11 rings (SSSR count). The minimum Gasteiger partial charge on any atom is -0.497 e. The van der Waals surface area contributed by atoms with Gasteiger partial charge in [0.25, 0.3) is 5.91 Å². The Morgan fingerprint density at radius 1 is 0.726 bits per heavy atom. The normalized spacial score (nSPS) is 26.1. The largest absolute Gasteiger partial charge is 0.497 e. The van der Waals surface area contributed by atoms with Crippen molar-refractivity contribution in [2.45, 2.75) is 127 Å². The highest BCUT2D eigenvalue weighted by Crippen LogP contribution is 2.65. The van der Waals surface area contributed by atoms with Gasteiger partial charge in [0.2, 0.25) is 11.9 Å². The van der Waals surface area contributed by atoms with Crippen molar-refractivity contribution in [3.8, 4) is 34.1 Å². The maximum absolute atomic E-state index is 16.0. The number of esters is 5. The number of Topliss-reactive ketones (excluding diaryl/α,β-unsaturated/α-hetero) is 1. The quantitative estimate of drug-likeness (QED) is 0.0313. The van der Waals surface area contributed by atoms with Gasteiger partial charge in [-0.15, -0.1) is 0 Å². The van der Waals surface area contributed by atoms with Gasteiger partial charge in [-0.05, 0) is 120 Å². The Labute approximate surface area is 549 Å². The third-order valence-electron chi connectivity index (χ3n) is 19.7. The molecule has 496 valence electrons. The summed E-state index contributed by atoms with van der Waals surface area (Å²) in [6.45, 7) is 7.88. The van der Waals surface area contributed by atoms with E-state index in [2.05, 4.69) is 5.32 Å². The van der Waals surface area contributed by atoms with Crippen LogP contribution in [0.2, 0.25) is 0 Å². The summed E-state index contributed by atoms with van der Waals surface area (Å²) in [5.74, 6) is -6.10. The molecular weight excluding hydrogens is 1220 g/mol. The van der Waals surface area contributed by atoms with Gasteiger partial charge in [-0.3, -0.25) is 24.2 Å². The number of carbonyl (C=O) groups excluding carboxylic acids is 7. The molecule has 2 saturated carbocycles. The van der Waals surface area contributed by atoms with Gasteiger partial charge in [-0.25, -0.2) is 14.4 Å². The van der Waals surface area contributed by atoms with E-state index >= 15 is 9.59 Å². The highest BCUT2D eigenvalue weighted by atomic mass is 16.6. The molecule has 21 heteroatoms. The minimum atomic E-state index is -2.52. The molecule has 2 bridgehead atoms. The number of nitrogens with one attached hydrogen (secondary N) is 1. The number of aliphatic imine (C=N–C) groups is 1. The van der Waals surface area contributed by atoms with Crippen LogP contribution in [0.1, 0.15) is 126 Å². The fraction of sp³-hybridized carbons (Fsp3) is 0.378. The van der Waals surface area contributed by atoms with Gasteiger partial charge in [-0.2, -0.15) is 0 Å². The molecule has 0 radical (unpaired) electrons. The van der Waals surface area contributed by atoms with E-state index < -0.39 is 119 Å². The third-order valence-corrected chi connectivity index (χ3v) is 19.7. The first kappa shape index (κ1) is 66.7. The Morgan fingerprint density at radius 3 is 1.97 bits per heavy atom. The van der Waals surface area contributed by atoms with E-state index in [0.717, 1.165) is 36.1 Å². The van der Waals surface area contributed by atoms with Crippen molar-refractivity contribution in [3.63, 3.8) is 0 Å². The van der Waals surface area contributed by atoms with Crippen LogP contribution in [0.3, 0.4) is 0 Å². The van der Waals surface area contributed by atoms with Crippen molar-refractivity contribution in [3.05, 3.63) is 190 Å². The van der Waals surface area contributed by atoms with E-state index in [0.29, 0.717) is 47.0 Å². The maximum Gasteiger partial charge on any atom is 0.350 e. The van der Waals surface area contributed by atoms with Crippen LogP contribution in [0.15, 0.2) is 156 Å². The van der Waals surface area contributed by atoms with Crippen molar-refractivity contribution in [1.82, 2.24) is 5.32 Å². The summed E-state index contributed by atoms with van der Waals surface area (Å²) >= 11 is 0. The van der Waals surface area contributed by atoms with Crippen LogP contribution in [0.4, 0.5) is 0 Å². The number of ether oxygens (including phenoxy) is 10. The fourth-order valence-electron chi connectivity index (χ4n) is 14.8. The summed E-state index contributed by atoms with van der Waals surface area (Å²) < 4.78 is 60.8. The fourth-order valence-corrected chi connectivity index (χ4v) is 14.8. The number of nitrogens with zero attached hydrogens (tertiary/aromatic N) is 1. The molecule has 3 fully saturated rings. The molecule has 6 aromatic rings. The van der Waals surface area contributed by atoms with Gasteiger partial charge in [0.05, 0.1) is 69.7 Å². The van der Waals surface area contributed by atoms with Gasteiger partial charge in [-0.1, -0.05) is 98.8 Å². The van der Waals surface area contributed by atoms with Crippen LogP contribution in [-0.2, 0) is 54.0 Å². The topological polar surface area (TPSA) is 277 Å². The number of amides is 1. The van der Waals surface area contributed by atoms with Gasteiger partial charge in [0.1, 0.15) is 35.7 Å². The van der Waals surface area contributed by atoms with Crippen LogP contribution in [0.25, 0.3) is 11.1 Å². The van der Waals surface area contributed by atoms with Crippen molar-refractivity contribution in [2.24, 2.45) is 21.7 Å². The number of aliphatic hydroxyl groups excluding tert-OH is 1. The van der Waals surface area contributed by atoms with E-state index in [1.165, 1.54) is 38.1 Å². The summed E-state index contributed by atoms with van der Waals surface area (Å²) in [5, 5.41) is 29.5. The van der Waals surface area contributed by atoms with E-state index in [1.807, 2.05) is 24.3 Å². The number of fused-ring (bicyclic) bond motifs is 8. The second-order valence-electron chi connectivity index (χ2n) is 25.3. The molecule has 95 heavy (non-hydrogen) atoms. The molecule has 12 atom stereocenters. The Kier molecular flexibility index (Phi) is 18.7. The van der Waals surface area contributed by atoms with Crippen LogP contribution in [0.5, 0.6) is 23.0 Å². The van der Waals surface area contributed by atoms with Gasteiger partial charge in [0, 0.05) is 49.4 Å². The number of aliphatic hydroxyl groups is 2. The lowest BCUT2D eigenvalue weighted by atomic mass is 9.44. The van der Waals surface area contributed by atoms with Crippen LogP contribution in [0, 0.1) is 16.7 Å². The molecule has 1 amide bonds. The molecule has 6 aromatic carbocycles. The highest BCUT2D eigenvalue weighted by molar-refractivity contribution is 5.97. The summed E-state index contributed by atoms with van der Waals surface area (Å²) in [6.07, 6.45) is -8.28. The molecule has 4 aliphatic carbocycles. The summed E-state index contributed by atoms with van der Waals surface area (Å²) in [7, 11) is 6.29. The standard InChI is InChI=1S/C74H76N2O19/c1-40-54(37-74(85)66(94-69(83)46-24-18-13-19-25-46)64-72(6,55(79)36-56-73(64,39-90-56)95-42(3)78)65(80)62(91-41(2)77)58(40)71(74,4)5)92-70(84)63(59(44-20-14-11-15-21-44)76-67(81)45-22-16-12-17-23-45)93-68(82)47-28-26-43(27-29-47)38-75-52-33-30-48-34-53(87-8)60(88-9)61(89-10)57(48)50-32-31-49(86-7)35-51(50)52/h11-29,31-32,34-35,38,52,54-56,59,62-64,66,79,85H,30,33,36-37,39H2,1-10H3,(H,76,81)/t52-,54-,55-,56+,59-,62+,63+,64-,66-,72+,73-,74+/m0/s1. The number of carbonyl (C=O) groups is 7. The van der Waals surface area contributed by atoms with Crippen molar-refractivity contribution < 1.29 is 91.1 Å². The van der Waals surface area contributed by atoms with Crippen LogP contribution < -0.4 is 24.3 Å². The molecule has 0 unspecified atom stereocenters. The number of methoxy groups -OCH3 is 4. The van der Waals surface area contributed by atoms with E-state index in [9.17, 15) is 34.2 Å². The van der Waals surface area contributed by atoms with Crippen molar-refractivity contribution >= 4 is 47.8 Å². The Balaban J connectivity index is 0.984.